The Balaban J connectivity index is 2.02. The van der Waals surface area contributed by atoms with Crippen LogP contribution in [-0.4, -0.2) is 47.6 Å². The minimum Gasteiger partial charge on any atom is -0.464 e. The van der Waals surface area contributed by atoms with Gasteiger partial charge in [0.1, 0.15) is 5.92 Å². The van der Waals surface area contributed by atoms with Crippen LogP contribution in [0.15, 0.2) is 29.4 Å². The first-order valence-corrected chi connectivity index (χ1v) is 7.84. The number of carbonyl (C=O) groups is 4. The van der Waals surface area contributed by atoms with E-state index in [0.717, 1.165) is 29.0 Å². The van der Waals surface area contributed by atoms with Gasteiger partial charge >= 0.3 is 5.97 Å². The first-order chi connectivity index (χ1) is 11.9. The Morgan fingerprint density at radius 3 is 2.32 bits per heavy atom. The van der Waals surface area contributed by atoms with Crippen LogP contribution in [0.25, 0.3) is 0 Å². The van der Waals surface area contributed by atoms with E-state index in [1.165, 1.54) is 6.92 Å². The quantitative estimate of drug-likeness (QED) is 0.588. The van der Waals surface area contributed by atoms with Crippen LogP contribution in [0.5, 0.6) is 0 Å². The van der Waals surface area contributed by atoms with Gasteiger partial charge in [-0.05, 0) is 24.1 Å². The fourth-order valence-corrected chi connectivity index (χ4v) is 3.08. The molecular formula is C17H17N3O5. The molecule has 0 spiro atoms. The third-order valence-corrected chi connectivity index (χ3v) is 4.37. The van der Waals surface area contributed by atoms with E-state index in [4.69, 9.17) is 0 Å². The molecule has 1 fully saturated rings. The van der Waals surface area contributed by atoms with Gasteiger partial charge in [0.15, 0.2) is 11.8 Å². The second-order valence-corrected chi connectivity index (χ2v) is 5.79. The molecule has 0 aromatic heterocycles. The smallest absolute Gasteiger partial charge is 0.355 e. The second kappa shape index (κ2) is 6.12. The Bertz CT molecular complexity index is 799. The maximum absolute atomic E-state index is 12.8. The molecule has 0 saturated carbocycles. The highest BCUT2D eigenvalue weighted by Gasteiger charge is 2.59. The second-order valence-electron chi connectivity index (χ2n) is 5.79. The molecule has 8 heteroatoms. The molecular weight excluding hydrogens is 326 g/mol. The van der Waals surface area contributed by atoms with Gasteiger partial charge in [-0.15, -0.1) is 0 Å². The van der Waals surface area contributed by atoms with Crippen LogP contribution in [0.1, 0.15) is 19.4 Å². The number of hydrazone groups is 1. The largest absolute Gasteiger partial charge is 0.464 e. The number of nitrogens with zero attached hydrogens (tertiary/aromatic N) is 3. The third-order valence-electron chi connectivity index (χ3n) is 4.37. The van der Waals surface area contributed by atoms with Crippen LogP contribution >= 0.6 is 0 Å². The molecule has 3 rings (SSSR count). The molecule has 1 aromatic rings. The lowest BCUT2D eigenvalue weighted by atomic mass is 9.98. The maximum atomic E-state index is 12.8. The summed E-state index contributed by atoms with van der Waals surface area (Å²) in [6, 6.07) is 5.83. The van der Waals surface area contributed by atoms with Crippen molar-refractivity contribution in [1.29, 1.82) is 0 Å². The lowest BCUT2D eigenvalue weighted by Gasteiger charge is -2.19. The highest BCUT2D eigenvalue weighted by Crippen LogP contribution is 2.35. The number of anilines is 1. The molecule has 25 heavy (non-hydrogen) atoms. The first kappa shape index (κ1) is 16.8. The number of aryl methyl sites for hydroxylation is 1. The van der Waals surface area contributed by atoms with E-state index in [-0.39, 0.29) is 5.71 Å². The van der Waals surface area contributed by atoms with E-state index in [1.54, 1.807) is 12.1 Å². The van der Waals surface area contributed by atoms with Gasteiger partial charge in [0.25, 0.3) is 5.91 Å². The average Bonchev–Trinajstić information content (AvgIpc) is 3.12. The Labute approximate surface area is 144 Å². The van der Waals surface area contributed by atoms with Gasteiger partial charge in [-0.1, -0.05) is 19.1 Å². The monoisotopic (exact) mass is 343 g/mol. The van der Waals surface area contributed by atoms with Crippen molar-refractivity contribution in [3.05, 3.63) is 29.8 Å². The summed E-state index contributed by atoms with van der Waals surface area (Å²) in [6.07, 6.45) is 0.824. The summed E-state index contributed by atoms with van der Waals surface area (Å²) in [4.78, 5) is 50.4. The number of amides is 3. The van der Waals surface area contributed by atoms with E-state index in [1.807, 2.05) is 19.1 Å². The van der Waals surface area contributed by atoms with Crippen LogP contribution in [-0.2, 0) is 30.3 Å². The lowest BCUT2D eigenvalue weighted by Crippen LogP contribution is -2.41. The lowest BCUT2D eigenvalue weighted by molar-refractivity contribution is -0.136. The Morgan fingerprint density at radius 1 is 1.16 bits per heavy atom. The van der Waals surface area contributed by atoms with Crippen molar-refractivity contribution in [2.24, 2.45) is 11.0 Å². The summed E-state index contributed by atoms with van der Waals surface area (Å²) in [5.41, 5.74) is 1.23. The van der Waals surface area contributed by atoms with Crippen molar-refractivity contribution in [3.8, 4) is 0 Å². The van der Waals surface area contributed by atoms with Crippen LogP contribution in [0.3, 0.4) is 0 Å². The van der Waals surface area contributed by atoms with Gasteiger partial charge in [-0.2, -0.15) is 5.10 Å². The maximum Gasteiger partial charge on any atom is 0.355 e. The summed E-state index contributed by atoms with van der Waals surface area (Å²) < 4.78 is 4.64. The molecule has 0 radical (unpaired) electrons. The van der Waals surface area contributed by atoms with E-state index in [0.29, 0.717) is 5.69 Å². The van der Waals surface area contributed by atoms with Crippen LogP contribution in [0.2, 0.25) is 0 Å². The first-order valence-electron chi connectivity index (χ1n) is 7.84. The highest BCUT2D eigenvalue weighted by atomic mass is 16.5. The molecule has 0 N–H and O–H groups in total. The number of esters is 1. The highest BCUT2D eigenvalue weighted by molar-refractivity contribution is 6.47. The van der Waals surface area contributed by atoms with Crippen molar-refractivity contribution in [2.75, 3.05) is 12.0 Å². The third kappa shape index (κ3) is 2.50. The fourth-order valence-electron chi connectivity index (χ4n) is 3.08. The van der Waals surface area contributed by atoms with Crippen molar-refractivity contribution < 1.29 is 23.9 Å². The number of methoxy groups -OCH3 is 1. The zero-order chi connectivity index (χ0) is 18.3. The molecule has 8 nitrogen and oxygen atoms in total. The van der Waals surface area contributed by atoms with Gasteiger partial charge in [0.2, 0.25) is 11.8 Å². The normalized spacial score (nSPS) is 22.1. The molecule has 0 bridgehead atoms. The Morgan fingerprint density at radius 2 is 1.80 bits per heavy atom. The predicted molar refractivity (Wildman–Crippen MR) is 87.6 cm³/mol. The van der Waals surface area contributed by atoms with E-state index in [2.05, 4.69) is 9.84 Å². The fraction of sp³-hybridized carbons (Fsp3) is 0.353. The molecule has 1 saturated heterocycles. The van der Waals surface area contributed by atoms with Crippen LogP contribution in [0, 0.1) is 5.92 Å². The summed E-state index contributed by atoms with van der Waals surface area (Å²) in [7, 11) is 1.15. The minimum absolute atomic E-state index is 0.228. The Hall–Kier alpha value is -3.03. The number of benzene rings is 1. The number of ether oxygens (including phenoxy) is 1. The van der Waals surface area contributed by atoms with Crippen LogP contribution in [0.4, 0.5) is 5.69 Å². The molecule has 0 aliphatic carbocycles. The molecule has 3 amide bonds. The number of carbonyl (C=O) groups excluding carboxylic acids is 4. The summed E-state index contributed by atoms with van der Waals surface area (Å²) >= 11 is 0. The number of imide groups is 1. The molecule has 130 valence electrons. The molecule has 2 aliphatic rings. The van der Waals surface area contributed by atoms with Gasteiger partial charge in [0.05, 0.1) is 12.8 Å². The summed E-state index contributed by atoms with van der Waals surface area (Å²) in [6.45, 7) is 3.21. The van der Waals surface area contributed by atoms with E-state index >= 15 is 0 Å². The topological polar surface area (TPSA) is 96.3 Å². The minimum atomic E-state index is -1.15. The molecule has 0 unspecified atom stereocenters. The zero-order valence-corrected chi connectivity index (χ0v) is 14.1. The average molecular weight is 343 g/mol. The number of rotatable bonds is 3. The van der Waals surface area contributed by atoms with Crippen molar-refractivity contribution in [2.45, 2.75) is 26.3 Å². The van der Waals surface area contributed by atoms with Gasteiger partial charge < -0.3 is 4.74 Å². The predicted octanol–water partition coefficient (Wildman–Crippen LogP) is 0.498. The summed E-state index contributed by atoms with van der Waals surface area (Å²) in [5, 5.41) is 4.74. The Kier molecular flexibility index (Phi) is 4.12. The van der Waals surface area contributed by atoms with Gasteiger partial charge in [-0.3, -0.25) is 14.4 Å². The number of hydrogen-bond donors (Lipinski definition) is 0. The number of fused-ring (bicyclic) bond motifs is 1. The number of hydrogen-bond acceptors (Lipinski definition) is 6. The molecule has 2 aliphatic heterocycles. The molecule has 2 atom stereocenters. The van der Waals surface area contributed by atoms with Crippen molar-refractivity contribution >= 4 is 35.1 Å². The van der Waals surface area contributed by atoms with Crippen molar-refractivity contribution in [1.82, 2.24) is 5.01 Å². The van der Waals surface area contributed by atoms with Crippen molar-refractivity contribution in [3.63, 3.8) is 0 Å². The van der Waals surface area contributed by atoms with E-state index < -0.39 is 35.7 Å². The van der Waals surface area contributed by atoms with Gasteiger partial charge in [0, 0.05) is 6.92 Å². The molecule has 1 aromatic carbocycles. The standard InChI is InChI=1S/C17H17N3O5/c1-4-10-5-7-11(8-6-10)19-15(22)12-13(17(24)25-3)18-20(9(2)21)14(12)16(19)23/h5-8,12,14H,4H2,1-3H3/t12-,14+/m1/s1. The van der Waals surface area contributed by atoms with Gasteiger partial charge in [-0.25, -0.2) is 14.7 Å². The van der Waals surface area contributed by atoms with E-state index in [9.17, 15) is 19.2 Å². The van der Waals surface area contributed by atoms with Crippen LogP contribution < -0.4 is 4.90 Å². The summed E-state index contributed by atoms with van der Waals surface area (Å²) in [5.74, 6) is -3.68. The molecule has 2 heterocycles. The zero-order valence-electron chi connectivity index (χ0n) is 14.1. The SMILES string of the molecule is CCc1ccc(N2C(=O)[C@@H]3C(C(=O)OC)=NN(C(C)=O)[C@@H]3C2=O)cc1.